The lowest BCUT2D eigenvalue weighted by molar-refractivity contribution is -0.137. The molecule has 0 atom stereocenters. The lowest BCUT2D eigenvalue weighted by Crippen LogP contribution is -2.18. The van der Waals surface area contributed by atoms with Gasteiger partial charge in [-0.15, -0.1) is 10.2 Å². The number of alkyl halides is 3. The average Bonchev–Trinajstić information content (AvgIpc) is 2.86. The van der Waals surface area contributed by atoms with Gasteiger partial charge < -0.3 is 9.88 Å². The van der Waals surface area contributed by atoms with E-state index in [1.807, 2.05) is 6.92 Å². The number of anilines is 1. The van der Waals surface area contributed by atoms with Crippen LogP contribution in [0.2, 0.25) is 5.02 Å². The number of nitrogens with one attached hydrogen (secondary N) is 1. The maximum Gasteiger partial charge on any atom is 0.418 e. The molecule has 0 bridgehead atoms. The Hall–Kier alpha value is -1.74. The number of benzene rings is 1. The Morgan fingerprint density at radius 2 is 2.08 bits per heavy atom. The Morgan fingerprint density at radius 1 is 1.38 bits per heavy atom. The number of thioether (sulfide) groups is 1. The number of aryl methyl sites for hydroxylation is 1. The summed E-state index contributed by atoms with van der Waals surface area (Å²) < 4.78 is 40.7. The number of carbonyl (C=O) groups is 1. The molecule has 2 aromatic rings. The van der Waals surface area contributed by atoms with Crippen LogP contribution in [0, 0.1) is 0 Å². The molecular formula is C14H14ClF3N4OS. The first-order chi connectivity index (χ1) is 11.2. The van der Waals surface area contributed by atoms with Crippen molar-refractivity contribution in [3.63, 3.8) is 0 Å². The molecule has 1 N–H and O–H groups in total. The minimum Gasteiger partial charge on any atom is -0.325 e. The normalized spacial score (nSPS) is 11.6. The largest absolute Gasteiger partial charge is 0.418 e. The van der Waals surface area contributed by atoms with Crippen molar-refractivity contribution in [1.29, 1.82) is 0 Å². The van der Waals surface area contributed by atoms with Crippen LogP contribution in [0.3, 0.4) is 0 Å². The van der Waals surface area contributed by atoms with Crippen molar-refractivity contribution in [2.45, 2.75) is 24.7 Å². The molecule has 5 nitrogen and oxygen atoms in total. The van der Waals surface area contributed by atoms with E-state index >= 15 is 0 Å². The smallest absolute Gasteiger partial charge is 0.325 e. The highest BCUT2D eigenvalue weighted by Crippen LogP contribution is 2.36. The first-order valence-electron chi connectivity index (χ1n) is 6.90. The van der Waals surface area contributed by atoms with Gasteiger partial charge >= 0.3 is 6.18 Å². The molecule has 130 valence electrons. The number of hydrogen-bond acceptors (Lipinski definition) is 4. The van der Waals surface area contributed by atoms with Crippen molar-refractivity contribution in [1.82, 2.24) is 14.8 Å². The van der Waals surface area contributed by atoms with Gasteiger partial charge in [0.15, 0.2) is 5.16 Å². The van der Waals surface area contributed by atoms with E-state index in [2.05, 4.69) is 15.5 Å². The second-order valence-corrected chi connectivity index (χ2v) is 6.21. The van der Waals surface area contributed by atoms with Gasteiger partial charge in [0.2, 0.25) is 5.91 Å². The highest BCUT2D eigenvalue weighted by Gasteiger charge is 2.34. The summed E-state index contributed by atoms with van der Waals surface area (Å²) >= 11 is 6.70. The molecule has 1 aromatic carbocycles. The molecule has 0 aliphatic carbocycles. The SMILES string of the molecule is CCc1nnc(SCC(=O)Nc2ccc(Cl)cc2C(F)(F)F)n1C. The van der Waals surface area contributed by atoms with Crippen LogP contribution in [0.1, 0.15) is 18.3 Å². The summed E-state index contributed by atoms with van der Waals surface area (Å²) in [6, 6.07) is 3.20. The third-order valence-electron chi connectivity index (χ3n) is 3.13. The third kappa shape index (κ3) is 4.41. The molecule has 0 fully saturated rings. The maximum absolute atomic E-state index is 13.0. The molecular weight excluding hydrogens is 365 g/mol. The second kappa shape index (κ2) is 7.43. The standard InChI is InChI=1S/C14H14ClF3N4OS/c1-3-11-20-21-13(22(11)2)24-7-12(23)19-10-5-4-8(15)6-9(10)14(16,17)18/h4-6H,3,7H2,1-2H3,(H,19,23). The van der Waals surface area contributed by atoms with Crippen LogP contribution in [0.5, 0.6) is 0 Å². The van der Waals surface area contributed by atoms with E-state index in [9.17, 15) is 18.0 Å². The van der Waals surface area contributed by atoms with E-state index < -0.39 is 17.6 Å². The van der Waals surface area contributed by atoms with Crippen molar-refractivity contribution in [2.75, 3.05) is 11.1 Å². The average molecular weight is 379 g/mol. The van der Waals surface area contributed by atoms with Crippen LogP contribution < -0.4 is 5.32 Å². The Bertz CT molecular complexity index is 748. The second-order valence-electron chi connectivity index (χ2n) is 4.84. The molecule has 0 saturated heterocycles. The molecule has 0 unspecified atom stereocenters. The number of carbonyl (C=O) groups excluding carboxylic acids is 1. The minimum absolute atomic E-state index is 0.0547. The van der Waals surface area contributed by atoms with Gasteiger partial charge in [-0.2, -0.15) is 13.2 Å². The Kier molecular flexibility index (Phi) is 5.76. The lowest BCUT2D eigenvalue weighted by Gasteiger charge is -2.14. The molecule has 0 aliphatic heterocycles. The van der Waals surface area contributed by atoms with Gasteiger partial charge in [-0.25, -0.2) is 0 Å². The summed E-state index contributed by atoms with van der Waals surface area (Å²) in [6.07, 6.45) is -3.92. The maximum atomic E-state index is 13.0. The van der Waals surface area contributed by atoms with Gasteiger partial charge in [0.05, 0.1) is 17.0 Å². The van der Waals surface area contributed by atoms with Gasteiger partial charge in [0.25, 0.3) is 0 Å². The molecule has 1 amide bonds. The first kappa shape index (κ1) is 18.6. The summed E-state index contributed by atoms with van der Waals surface area (Å²) in [4.78, 5) is 11.9. The predicted molar refractivity (Wildman–Crippen MR) is 86.2 cm³/mol. The molecule has 1 heterocycles. The quantitative estimate of drug-likeness (QED) is 0.804. The molecule has 24 heavy (non-hydrogen) atoms. The summed E-state index contributed by atoms with van der Waals surface area (Å²) in [5, 5.41) is 10.6. The predicted octanol–water partition coefficient (Wildman–Crippen LogP) is 3.78. The van der Waals surface area contributed by atoms with E-state index in [4.69, 9.17) is 11.6 Å². The van der Waals surface area contributed by atoms with Crippen molar-refractivity contribution in [2.24, 2.45) is 7.05 Å². The van der Waals surface area contributed by atoms with Gasteiger partial charge in [-0.1, -0.05) is 30.3 Å². The van der Waals surface area contributed by atoms with Crippen LogP contribution in [-0.4, -0.2) is 26.4 Å². The highest BCUT2D eigenvalue weighted by atomic mass is 35.5. The van der Waals surface area contributed by atoms with Gasteiger partial charge in [-0.3, -0.25) is 4.79 Å². The first-order valence-corrected chi connectivity index (χ1v) is 8.26. The monoisotopic (exact) mass is 378 g/mol. The van der Waals surface area contributed by atoms with E-state index in [-0.39, 0.29) is 16.5 Å². The summed E-state index contributed by atoms with van der Waals surface area (Å²) in [6.45, 7) is 1.92. The lowest BCUT2D eigenvalue weighted by atomic mass is 10.1. The van der Waals surface area contributed by atoms with Crippen molar-refractivity contribution in [3.8, 4) is 0 Å². The fourth-order valence-corrected chi connectivity index (χ4v) is 2.86. The van der Waals surface area contributed by atoms with E-state index in [1.165, 1.54) is 6.07 Å². The number of nitrogens with zero attached hydrogens (tertiary/aromatic N) is 3. The molecule has 0 aliphatic rings. The van der Waals surface area contributed by atoms with Crippen LogP contribution in [-0.2, 0) is 24.4 Å². The molecule has 0 radical (unpaired) electrons. The number of hydrogen-bond donors (Lipinski definition) is 1. The Balaban J connectivity index is 2.06. The van der Waals surface area contributed by atoms with Crippen molar-refractivity contribution >= 4 is 35.0 Å². The van der Waals surface area contributed by atoms with Gasteiger partial charge in [0, 0.05) is 18.5 Å². The fraction of sp³-hybridized carbons (Fsp3) is 0.357. The number of amides is 1. The molecule has 1 aromatic heterocycles. The summed E-state index contributed by atoms with van der Waals surface area (Å²) in [7, 11) is 1.76. The van der Waals surface area contributed by atoms with E-state index in [1.54, 1.807) is 11.6 Å². The van der Waals surface area contributed by atoms with Crippen LogP contribution in [0.4, 0.5) is 18.9 Å². The van der Waals surface area contributed by atoms with Crippen LogP contribution in [0.15, 0.2) is 23.4 Å². The molecule has 2 rings (SSSR count). The Labute approximate surface area is 145 Å². The minimum atomic E-state index is -4.61. The molecule has 10 heteroatoms. The van der Waals surface area contributed by atoms with E-state index in [0.717, 1.165) is 29.7 Å². The third-order valence-corrected chi connectivity index (χ3v) is 4.39. The van der Waals surface area contributed by atoms with Crippen molar-refractivity contribution < 1.29 is 18.0 Å². The summed E-state index contributed by atoms with van der Waals surface area (Å²) in [5.41, 5.74) is -1.31. The fourth-order valence-electron chi connectivity index (χ4n) is 1.96. The van der Waals surface area contributed by atoms with Gasteiger partial charge in [0.1, 0.15) is 5.82 Å². The Morgan fingerprint density at radius 3 is 2.67 bits per heavy atom. The zero-order chi connectivity index (χ0) is 17.9. The number of halogens is 4. The van der Waals surface area contributed by atoms with E-state index in [0.29, 0.717) is 11.6 Å². The zero-order valence-corrected chi connectivity index (χ0v) is 14.4. The topological polar surface area (TPSA) is 59.8 Å². The summed E-state index contributed by atoms with van der Waals surface area (Å²) in [5.74, 6) is 0.0964. The molecule has 0 saturated carbocycles. The highest BCUT2D eigenvalue weighted by molar-refractivity contribution is 7.99. The molecule has 0 spiro atoms. The number of aromatic nitrogens is 3. The number of rotatable bonds is 5. The van der Waals surface area contributed by atoms with Crippen LogP contribution >= 0.6 is 23.4 Å². The zero-order valence-electron chi connectivity index (χ0n) is 12.8. The van der Waals surface area contributed by atoms with Gasteiger partial charge in [-0.05, 0) is 18.2 Å². The van der Waals surface area contributed by atoms with Crippen molar-refractivity contribution in [3.05, 3.63) is 34.6 Å². The van der Waals surface area contributed by atoms with Crippen LogP contribution in [0.25, 0.3) is 0 Å².